The molecular formula is C34H28N4O9. The molecule has 4 aliphatic rings. The van der Waals surface area contributed by atoms with E-state index in [4.69, 9.17) is 0 Å². The molecule has 0 bridgehead atoms. The van der Waals surface area contributed by atoms with Gasteiger partial charge in [-0.15, -0.1) is 0 Å². The van der Waals surface area contributed by atoms with Gasteiger partial charge in [0, 0.05) is 30.2 Å². The normalized spacial score (nSPS) is 26.6. The van der Waals surface area contributed by atoms with E-state index in [0.29, 0.717) is 16.7 Å². The molecular weight excluding hydrogens is 608 g/mol. The molecule has 1 saturated carbocycles. The molecule has 13 heteroatoms. The van der Waals surface area contributed by atoms with Crippen LogP contribution < -0.4 is 9.80 Å². The Morgan fingerprint density at radius 1 is 0.681 bits per heavy atom. The maximum Gasteiger partial charge on any atom is 0.269 e. The number of phenolic OH excluding ortho intramolecular Hbond substituents is 1. The molecule has 2 aliphatic carbocycles. The van der Waals surface area contributed by atoms with Gasteiger partial charge in [0.15, 0.2) is 0 Å². The molecule has 7 rings (SSSR count). The summed E-state index contributed by atoms with van der Waals surface area (Å²) in [4.78, 5) is 79.6. The fourth-order valence-corrected chi connectivity index (χ4v) is 8.09. The number of anilines is 2. The average Bonchev–Trinajstić information content (AvgIpc) is 3.46. The van der Waals surface area contributed by atoms with E-state index in [1.807, 2.05) is 6.08 Å². The van der Waals surface area contributed by atoms with Crippen LogP contribution in [0.3, 0.4) is 0 Å². The van der Waals surface area contributed by atoms with Crippen molar-refractivity contribution in [1.29, 1.82) is 0 Å². The maximum absolute atomic E-state index is 14.2. The monoisotopic (exact) mass is 636 g/mol. The second kappa shape index (κ2) is 10.7. The third kappa shape index (κ3) is 4.44. The molecule has 238 valence electrons. The van der Waals surface area contributed by atoms with Gasteiger partial charge in [-0.25, -0.2) is 0 Å². The number of amides is 4. The highest BCUT2D eigenvalue weighted by atomic mass is 16.6. The summed E-state index contributed by atoms with van der Waals surface area (Å²) in [6.07, 6.45) is 2.26. The number of non-ortho nitro benzene ring substituents is 2. The summed E-state index contributed by atoms with van der Waals surface area (Å²) < 4.78 is 0. The van der Waals surface area contributed by atoms with Crippen molar-refractivity contribution < 1.29 is 34.1 Å². The number of nitro groups is 2. The van der Waals surface area contributed by atoms with Gasteiger partial charge >= 0.3 is 0 Å². The van der Waals surface area contributed by atoms with Crippen molar-refractivity contribution in [3.05, 3.63) is 109 Å². The Morgan fingerprint density at radius 3 is 1.64 bits per heavy atom. The van der Waals surface area contributed by atoms with Crippen molar-refractivity contribution in [2.24, 2.45) is 29.6 Å². The Morgan fingerprint density at radius 2 is 1.15 bits per heavy atom. The van der Waals surface area contributed by atoms with Crippen LogP contribution in [0, 0.1) is 63.7 Å². The molecule has 2 saturated heterocycles. The quantitative estimate of drug-likeness (QED) is 0.177. The number of benzene rings is 3. The van der Waals surface area contributed by atoms with E-state index in [1.165, 1.54) is 48.5 Å². The van der Waals surface area contributed by atoms with Crippen LogP contribution >= 0.6 is 0 Å². The molecule has 3 aromatic rings. The Bertz CT molecular complexity index is 1930. The SMILES string of the molecule is Cc1cc([C@H]2C3=CC[C@@H]4C(=O)N(c5ccc([N+](=O)[O-])cc5)C(=O)[C@@H]4[C@@H]3C[C@H]3C(=O)N(c4ccc([N+](=O)[O-])cc4)C(=O)[C@@H]23)cc(C)c1O. The molecule has 6 atom stereocenters. The Hall–Kier alpha value is -5.72. The predicted octanol–water partition coefficient (Wildman–Crippen LogP) is 4.87. The van der Waals surface area contributed by atoms with Crippen LogP contribution in [0.15, 0.2) is 72.3 Å². The van der Waals surface area contributed by atoms with Crippen LogP contribution in [0.25, 0.3) is 0 Å². The number of hydrogen-bond acceptors (Lipinski definition) is 9. The zero-order valence-electron chi connectivity index (χ0n) is 25.2. The number of nitrogens with zero attached hydrogens (tertiary/aromatic N) is 4. The van der Waals surface area contributed by atoms with E-state index >= 15 is 0 Å². The lowest BCUT2D eigenvalue weighted by molar-refractivity contribution is -0.385. The van der Waals surface area contributed by atoms with E-state index < -0.39 is 69.0 Å². The third-order valence-electron chi connectivity index (χ3n) is 10.2. The highest BCUT2D eigenvalue weighted by molar-refractivity contribution is 6.24. The van der Waals surface area contributed by atoms with Gasteiger partial charge in [-0.1, -0.05) is 23.8 Å². The van der Waals surface area contributed by atoms with Crippen LogP contribution in [-0.4, -0.2) is 38.6 Å². The molecule has 0 radical (unpaired) electrons. The number of rotatable bonds is 5. The Labute approximate surface area is 267 Å². The van der Waals surface area contributed by atoms with Gasteiger partial charge in [-0.3, -0.25) is 49.2 Å². The minimum absolute atomic E-state index is 0.104. The van der Waals surface area contributed by atoms with Gasteiger partial charge < -0.3 is 5.11 Å². The molecule has 13 nitrogen and oxygen atoms in total. The number of aryl methyl sites for hydroxylation is 2. The number of imide groups is 2. The number of hydrogen-bond donors (Lipinski definition) is 1. The Balaban J connectivity index is 1.32. The van der Waals surface area contributed by atoms with Crippen molar-refractivity contribution in [3.8, 4) is 5.75 Å². The number of aromatic hydroxyl groups is 1. The van der Waals surface area contributed by atoms with Crippen LogP contribution in [0.4, 0.5) is 22.7 Å². The topological polar surface area (TPSA) is 181 Å². The predicted molar refractivity (Wildman–Crippen MR) is 166 cm³/mol. The Kier molecular flexibility index (Phi) is 6.81. The summed E-state index contributed by atoms with van der Waals surface area (Å²) in [5.41, 5.74) is 2.66. The first-order valence-electron chi connectivity index (χ1n) is 15.1. The molecule has 2 heterocycles. The fourth-order valence-electron chi connectivity index (χ4n) is 8.09. The van der Waals surface area contributed by atoms with Gasteiger partial charge in [0.1, 0.15) is 5.75 Å². The molecule has 0 aromatic heterocycles. The smallest absolute Gasteiger partial charge is 0.269 e. The number of phenols is 1. The van der Waals surface area contributed by atoms with Crippen LogP contribution in [0.5, 0.6) is 5.75 Å². The zero-order valence-corrected chi connectivity index (χ0v) is 25.2. The van der Waals surface area contributed by atoms with Crippen molar-refractivity contribution >= 4 is 46.4 Å². The number of carbonyl (C=O) groups excluding carboxylic acids is 4. The van der Waals surface area contributed by atoms with Gasteiger partial charge in [0.05, 0.1) is 44.9 Å². The molecule has 1 N–H and O–H groups in total. The summed E-state index contributed by atoms with van der Waals surface area (Å²) in [5.74, 6) is -6.21. The molecule has 0 spiro atoms. The number of fused-ring (bicyclic) bond motifs is 4. The number of nitro benzene ring substituents is 2. The van der Waals surface area contributed by atoms with Crippen LogP contribution in [0.1, 0.15) is 35.4 Å². The van der Waals surface area contributed by atoms with E-state index in [2.05, 4.69) is 0 Å². The van der Waals surface area contributed by atoms with Gasteiger partial charge in [0.25, 0.3) is 11.4 Å². The molecule has 3 fully saturated rings. The first-order chi connectivity index (χ1) is 22.4. The van der Waals surface area contributed by atoms with Crippen LogP contribution in [0.2, 0.25) is 0 Å². The first kappa shape index (κ1) is 30.0. The van der Waals surface area contributed by atoms with Gasteiger partial charge in [0.2, 0.25) is 23.6 Å². The minimum atomic E-state index is -0.852. The summed E-state index contributed by atoms with van der Waals surface area (Å²) in [6.45, 7) is 3.47. The highest BCUT2D eigenvalue weighted by Gasteiger charge is 2.62. The lowest BCUT2D eigenvalue weighted by Gasteiger charge is -2.44. The standard InChI is InChI=1S/C34H28N4O9/c1-16-13-18(14-17(2)30(16)39)27-23-11-12-24-28(33(42)35(31(24)40)19-3-7-21(8-4-19)37(44)45)25(23)15-26-29(27)34(43)36(32(26)41)20-5-9-22(10-6-20)38(46)47/h3-11,13-14,24-29,39H,12,15H2,1-2H3/t24-,25+,26+,27-,28-,29+/m0/s1. The first-order valence-corrected chi connectivity index (χ1v) is 15.1. The highest BCUT2D eigenvalue weighted by Crippen LogP contribution is 2.58. The van der Waals surface area contributed by atoms with Crippen molar-refractivity contribution in [2.75, 3.05) is 9.80 Å². The summed E-state index contributed by atoms with van der Waals surface area (Å²) in [7, 11) is 0. The summed E-state index contributed by atoms with van der Waals surface area (Å²) >= 11 is 0. The van der Waals surface area contributed by atoms with Crippen molar-refractivity contribution in [3.63, 3.8) is 0 Å². The zero-order chi connectivity index (χ0) is 33.5. The van der Waals surface area contributed by atoms with E-state index in [-0.39, 0.29) is 41.3 Å². The molecule has 3 aromatic carbocycles. The maximum atomic E-state index is 14.2. The molecule has 47 heavy (non-hydrogen) atoms. The minimum Gasteiger partial charge on any atom is -0.507 e. The van der Waals surface area contributed by atoms with E-state index in [9.17, 15) is 44.5 Å². The summed E-state index contributed by atoms with van der Waals surface area (Å²) in [5, 5.41) is 33.0. The van der Waals surface area contributed by atoms with Crippen molar-refractivity contribution in [1.82, 2.24) is 0 Å². The lowest BCUT2D eigenvalue weighted by Crippen LogP contribution is -2.43. The number of allylic oxidation sites excluding steroid dienone is 2. The fraction of sp³-hybridized carbons (Fsp3) is 0.294. The largest absolute Gasteiger partial charge is 0.507 e. The number of carbonyl (C=O) groups is 4. The lowest BCUT2D eigenvalue weighted by atomic mass is 9.57. The molecule has 0 unspecified atom stereocenters. The van der Waals surface area contributed by atoms with E-state index in [1.54, 1.807) is 26.0 Å². The second-order valence-corrected chi connectivity index (χ2v) is 12.6. The van der Waals surface area contributed by atoms with Crippen molar-refractivity contribution in [2.45, 2.75) is 32.6 Å². The van der Waals surface area contributed by atoms with Gasteiger partial charge in [-0.05, 0) is 73.6 Å². The summed E-state index contributed by atoms with van der Waals surface area (Å²) in [6, 6.07) is 13.9. The second-order valence-electron chi connectivity index (χ2n) is 12.6. The van der Waals surface area contributed by atoms with Gasteiger partial charge in [-0.2, -0.15) is 0 Å². The van der Waals surface area contributed by atoms with E-state index in [0.717, 1.165) is 15.4 Å². The molecule has 2 aliphatic heterocycles. The van der Waals surface area contributed by atoms with Crippen LogP contribution in [-0.2, 0) is 19.2 Å². The molecule has 4 amide bonds. The third-order valence-corrected chi connectivity index (χ3v) is 10.2. The average molecular weight is 637 g/mol.